The Morgan fingerprint density at radius 3 is 2.81 bits per heavy atom. The van der Waals surface area contributed by atoms with Crippen molar-refractivity contribution in [1.82, 2.24) is 25.5 Å². The third-order valence-corrected chi connectivity index (χ3v) is 2.90. The van der Waals surface area contributed by atoms with E-state index in [-0.39, 0.29) is 5.91 Å². The summed E-state index contributed by atoms with van der Waals surface area (Å²) in [7, 11) is 5.39. The van der Waals surface area contributed by atoms with E-state index in [4.69, 9.17) is 0 Å². The molecule has 2 rings (SSSR count). The molecule has 0 radical (unpaired) electrons. The molecule has 1 amide bonds. The van der Waals surface area contributed by atoms with Crippen LogP contribution in [0.15, 0.2) is 0 Å². The van der Waals surface area contributed by atoms with Crippen molar-refractivity contribution in [2.24, 2.45) is 0 Å². The molecule has 0 saturated heterocycles. The van der Waals surface area contributed by atoms with Gasteiger partial charge in [-0.2, -0.15) is 5.10 Å². The van der Waals surface area contributed by atoms with Crippen molar-refractivity contribution in [3.63, 3.8) is 0 Å². The van der Waals surface area contributed by atoms with E-state index in [2.05, 4.69) is 15.5 Å². The lowest BCUT2D eigenvalue weighted by atomic mass is 10.1. The summed E-state index contributed by atoms with van der Waals surface area (Å²) in [5.74, 6) is -0.0776. The van der Waals surface area contributed by atoms with Crippen molar-refractivity contribution in [2.75, 3.05) is 27.7 Å². The summed E-state index contributed by atoms with van der Waals surface area (Å²) in [5.41, 5.74) is 2.61. The second kappa shape index (κ2) is 4.23. The lowest BCUT2D eigenvalue weighted by molar-refractivity contribution is 0.0334. The molecule has 88 valence electrons. The van der Waals surface area contributed by atoms with Crippen molar-refractivity contribution in [3.8, 4) is 0 Å². The Balaban J connectivity index is 2.27. The molecular formula is C10H17N5O. The molecule has 0 aliphatic carbocycles. The summed E-state index contributed by atoms with van der Waals surface area (Å²) in [6.07, 6.45) is 0.904. The second-order valence-electron chi connectivity index (χ2n) is 4.13. The van der Waals surface area contributed by atoms with Gasteiger partial charge in [-0.3, -0.25) is 14.9 Å². The third-order valence-electron chi connectivity index (χ3n) is 2.90. The van der Waals surface area contributed by atoms with Crippen LogP contribution in [0.25, 0.3) is 0 Å². The molecule has 1 aliphatic rings. The first kappa shape index (κ1) is 11.1. The highest BCUT2D eigenvalue weighted by Gasteiger charge is 2.24. The lowest BCUT2D eigenvalue weighted by Gasteiger charge is -2.24. The fraction of sp³-hybridized carbons (Fsp3) is 0.600. The fourth-order valence-corrected chi connectivity index (χ4v) is 1.74. The number of carbonyl (C=O) groups excluding carboxylic acids is 1. The maximum absolute atomic E-state index is 12.1. The van der Waals surface area contributed by atoms with E-state index in [1.165, 1.54) is 0 Å². The van der Waals surface area contributed by atoms with Gasteiger partial charge in [0.2, 0.25) is 0 Å². The van der Waals surface area contributed by atoms with E-state index >= 15 is 0 Å². The Morgan fingerprint density at radius 1 is 1.38 bits per heavy atom. The minimum atomic E-state index is -0.0776. The van der Waals surface area contributed by atoms with Crippen LogP contribution in [0, 0.1) is 0 Å². The molecule has 2 heterocycles. The summed E-state index contributed by atoms with van der Waals surface area (Å²) in [5, 5.41) is 13.6. The molecule has 6 heteroatoms. The fourth-order valence-electron chi connectivity index (χ4n) is 1.74. The SMILES string of the molecule is CN(C)N(C)C(=O)c1n[nH]c2c1CNCC2. The molecule has 0 saturated carbocycles. The Bertz CT molecular complexity index is 398. The predicted molar refractivity (Wildman–Crippen MR) is 59.8 cm³/mol. The van der Waals surface area contributed by atoms with Crippen LogP contribution in [0.5, 0.6) is 0 Å². The van der Waals surface area contributed by atoms with Gasteiger partial charge < -0.3 is 5.32 Å². The van der Waals surface area contributed by atoms with Crippen LogP contribution >= 0.6 is 0 Å². The van der Waals surface area contributed by atoms with E-state index in [1.54, 1.807) is 17.1 Å². The monoisotopic (exact) mass is 223 g/mol. The average Bonchev–Trinajstić information content (AvgIpc) is 2.70. The first-order chi connectivity index (χ1) is 7.61. The molecule has 1 aromatic rings. The number of nitrogens with one attached hydrogen (secondary N) is 2. The highest BCUT2D eigenvalue weighted by molar-refractivity contribution is 5.93. The molecule has 0 atom stereocenters. The third kappa shape index (κ3) is 1.81. The topological polar surface area (TPSA) is 64.3 Å². The molecule has 1 aromatic heterocycles. The zero-order valence-electron chi connectivity index (χ0n) is 9.87. The maximum Gasteiger partial charge on any atom is 0.288 e. The molecule has 16 heavy (non-hydrogen) atoms. The Hall–Kier alpha value is -1.40. The summed E-state index contributed by atoms with van der Waals surface area (Å²) in [4.78, 5) is 12.1. The standard InChI is InChI=1S/C10H17N5O/c1-14(2)15(3)10(16)9-7-6-11-5-4-8(7)12-13-9/h11H,4-6H2,1-3H3,(H,12,13). The van der Waals surface area contributed by atoms with E-state index in [0.29, 0.717) is 12.2 Å². The Labute approximate surface area is 94.6 Å². The number of nitrogens with zero attached hydrogens (tertiary/aromatic N) is 3. The van der Waals surface area contributed by atoms with Crippen LogP contribution in [-0.4, -0.2) is 53.8 Å². The number of aromatic nitrogens is 2. The largest absolute Gasteiger partial charge is 0.312 e. The summed E-state index contributed by atoms with van der Waals surface area (Å²) in [6, 6.07) is 0. The van der Waals surface area contributed by atoms with Gasteiger partial charge in [-0.05, 0) is 0 Å². The number of H-pyrrole nitrogens is 1. The number of rotatable bonds is 2. The Morgan fingerprint density at radius 2 is 2.12 bits per heavy atom. The maximum atomic E-state index is 12.1. The first-order valence-electron chi connectivity index (χ1n) is 5.33. The Kier molecular flexibility index (Phi) is 2.93. The first-order valence-corrected chi connectivity index (χ1v) is 5.33. The predicted octanol–water partition coefficient (Wildman–Crippen LogP) is -0.396. The number of fused-ring (bicyclic) bond motifs is 1. The minimum Gasteiger partial charge on any atom is -0.312 e. The zero-order valence-corrected chi connectivity index (χ0v) is 9.87. The number of carbonyl (C=O) groups is 1. The van der Waals surface area contributed by atoms with Crippen LogP contribution in [-0.2, 0) is 13.0 Å². The second-order valence-corrected chi connectivity index (χ2v) is 4.13. The van der Waals surface area contributed by atoms with Crippen molar-refractivity contribution in [1.29, 1.82) is 0 Å². The molecule has 0 spiro atoms. The summed E-state index contributed by atoms with van der Waals surface area (Å²) in [6.45, 7) is 1.65. The molecule has 6 nitrogen and oxygen atoms in total. The molecule has 0 aromatic carbocycles. The molecule has 0 fully saturated rings. The van der Waals surface area contributed by atoms with Crippen LogP contribution < -0.4 is 5.32 Å². The van der Waals surface area contributed by atoms with Gasteiger partial charge in [0.15, 0.2) is 5.69 Å². The van der Waals surface area contributed by atoms with Crippen molar-refractivity contribution >= 4 is 5.91 Å². The molecule has 1 aliphatic heterocycles. The quantitative estimate of drug-likeness (QED) is 0.670. The van der Waals surface area contributed by atoms with E-state index in [9.17, 15) is 4.79 Å². The molecule has 2 N–H and O–H groups in total. The van der Waals surface area contributed by atoms with Gasteiger partial charge in [-0.1, -0.05) is 0 Å². The van der Waals surface area contributed by atoms with Crippen molar-refractivity contribution in [3.05, 3.63) is 17.0 Å². The normalized spacial score (nSPS) is 15.0. The smallest absolute Gasteiger partial charge is 0.288 e. The van der Waals surface area contributed by atoms with Gasteiger partial charge >= 0.3 is 0 Å². The van der Waals surface area contributed by atoms with Crippen LogP contribution in [0.2, 0.25) is 0 Å². The number of amides is 1. The van der Waals surface area contributed by atoms with E-state index < -0.39 is 0 Å². The number of hydrogen-bond acceptors (Lipinski definition) is 4. The minimum absolute atomic E-state index is 0.0776. The number of hydrogen-bond donors (Lipinski definition) is 2. The zero-order chi connectivity index (χ0) is 11.7. The highest BCUT2D eigenvalue weighted by atomic mass is 16.2. The van der Waals surface area contributed by atoms with Gasteiger partial charge in [-0.25, -0.2) is 5.01 Å². The summed E-state index contributed by atoms with van der Waals surface area (Å²) < 4.78 is 0. The van der Waals surface area contributed by atoms with Crippen molar-refractivity contribution in [2.45, 2.75) is 13.0 Å². The van der Waals surface area contributed by atoms with Gasteiger partial charge in [0, 0.05) is 51.9 Å². The van der Waals surface area contributed by atoms with E-state index in [1.807, 2.05) is 14.1 Å². The van der Waals surface area contributed by atoms with Crippen LogP contribution in [0.1, 0.15) is 21.7 Å². The van der Waals surface area contributed by atoms with Gasteiger partial charge in [0.05, 0.1) is 0 Å². The number of aromatic amines is 1. The van der Waals surface area contributed by atoms with Gasteiger partial charge in [0.25, 0.3) is 5.91 Å². The van der Waals surface area contributed by atoms with E-state index in [0.717, 1.165) is 24.2 Å². The molecular weight excluding hydrogens is 206 g/mol. The van der Waals surface area contributed by atoms with Gasteiger partial charge in [-0.15, -0.1) is 0 Å². The number of hydrazine groups is 1. The average molecular weight is 223 g/mol. The molecule has 0 unspecified atom stereocenters. The molecule has 0 bridgehead atoms. The van der Waals surface area contributed by atoms with Crippen LogP contribution in [0.3, 0.4) is 0 Å². The van der Waals surface area contributed by atoms with Crippen LogP contribution in [0.4, 0.5) is 0 Å². The van der Waals surface area contributed by atoms with Gasteiger partial charge in [0.1, 0.15) is 0 Å². The lowest BCUT2D eigenvalue weighted by Crippen LogP contribution is -2.39. The highest BCUT2D eigenvalue weighted by Crippen LogP contribution is 2.16. The van der Waals surface area contributed by atoms with Crippen molar-refractivity contribution < 1.29 is 4.79 Å². The summed E-state index contributed by atoms with van der Waals surface area (Å²) >= 11 is 0.